The first-order valence-corrected chi connectivity index (χ1v) is 11.3. The Morgan fingerprint density at radius 3 is 2.34 bits per heavy atom. The Bertz CT molecular complexity index is 1390. The summed E-state index contributed by atoms with van der Waals surface area (Å²) in [5.74, 6) is -2.17. The predicted molar refractivity (Wildman–Crippen MR) is 133 cm³/mol. The smallest absolute Gasteiger partial charge is 0.345 e. The maximum atomic E-state index is 12.2. The molecular formula is C24H16ClN5O4S. The van der Waals surface area contributed by atoms with E-state index >= 15 is 0 Å². The van der Waals surface area contributed by atoms with E-state index < -0.39 is 17.8 Å². The van der Waals surface area contributed by atoms with Crippen LogP contribution >= 0.6 is 22.9 Å². The Kier molecular flexibility index (Phi) is 7.56. The van der Waals surface area contributed by atoms with E-state index in [2.05, 4.69) is 26.0 Å². The number of hydrazone groups is 1. The molecule has 4 rings (SSSR count). The van der Waals surface area contributed by atoms with E-state index in [1.54, 1.807) is 48.5 Å². The Morgan fingerprint density at radius 1 is 0.886 bits per heavy atom. The topological polar surface area (TPSA) is 123 Å². The highest BCUT2D eigenvalue weighted by molar-refractivity contribution is 7.18. The molecule has 0 saturated heterocycles. The van der Waals surface area contributed by atoms with Crippen molar-refractivity contribution in [2.75, 3.05) is 5.32 Å². The largest absolute Gasteiger partial charge is 0.423 e. The zero-order valence-corrected chi connectivity index (χ0v) is 19.4. The van der Waals surface area contributed by atoms with Gasteiger partial charge in [-0.3, -0.25) is 14.9 Å². The molecule has 2 amide bonds. The molecule has 0 aliphatic heterocycles. The summed E-state index contributed by atoms with van der Waals surface area (Å²) >= 11 is 7.14. The van der Waals surface area contributed by atoms with Gasteiger partial charge in [0.1, 0.15) is 10.8 Å². The molecule has 35 heavy (non-hydrogen) atoms. The van der Waals surface area contributed by atoms with Crippen LogP contribution in [-0.4, -0.2) is 34.2 Å². The Balaban J connectivity index is 1.27. The second-order valence-corrected chi connectivity index (χ2v) is 8.25. The number of benzene rings is 3. The van der Waals surface area contributed by atoms with Crippen molar-refractivity contribution >= 4 is 52.1 Å². The number of halogens is 1. The summed E-state index contributed by atoms with van der Waals surface area (Å²) in [6.07, 6.45) is 1.34. The molecule has 0 unspecified atom stereocenters. The highest BCUT2D eigenvalue weighted by atomic mass is 35.5. The average Bonchev–Trinajstić information content (AvgIpc) is 3.34. The molecule has 0 fully saturated rings. The highest BCUT2D eigenvalue weighted by Crippen LogP contribution is 2.25. The molecule has 0 aliphatic carbocycles. The number of nitrogens with one attached hydrogen (secondary N) is 2. The quantitative estimate of drug-likeness (QED) is 0.133. The van der Waals surface area contributed by atoms with E-state index in [-0.39, 0.29) is 10.7 Å². The molecule has 11 heteroatoms. The number of aromatic nitrogens is 2. The predicted octanol–water partition coefficient (Wildman–Crippen LogP) is 4.17. The van der Waals surface area contributed by atoms with E-state index in [1.807, 2.05) is 30.3 Å². The lowest BCUT2D eigenvalue weighted by Gasteiger charge is -2.05. The van der Waals surface area contributed by atoms with Gasteiger partial charge in [0.15, 0.2) is 0 Å². The number of nitrogens with zero attached hydrogens (tertiary/aromatic N) is 3. The molecule has 0 saturated carbocycles. The first kappa shape index (κ1) is 23.7. The summed E-state index contributed by atoms with van der Waals surface area (Å²) < 4.78 is 5.30. The summed E-state index contributed by atoms with van der Waals surface area (Å²) in [4.78, 5) is 36.3. The molecule has 0 aliphatic rings. The van der Waals surface area contributed by atoms with Crippen molar-refractivity contribution in [2.45, 2.75) is 0 Å². The summed E-state index contributed by atoms with van der Waals surface area (Å²) in [5.41, 5.74) is 3.84. The second-order valence-electron chi connectivity index (χ2n) is 6.87. The normalized spacial score (nSPS) is 10.7. The SMILES string of the molecule is O=C(N/N=C/c1ccc(OC(=O)c2ccccc2Cl)cc1)C(=O)Nc1nnc(-c2ccccc2)s1. The number of hydrogen-bond acceptors (Lipinski definition) is 8. The molecule has 2 N–H and O–H groups in total. The van der Waals surface area contributed by atoms with E-state index in [9.17, 15) is 14.4 Å². The Hall–Kier alpha value is -4.41. The van der Waals surface area contributed by atoms with Gasteiger partial charge in [0.05, 0.1) is 16.8 Å². The number of amides is 2. The van der Waals surface area contributed by atoms with Crippen LogP contribution < -0.4 is 15.5 Å². The summed E-state index contributed by atoms with van der Waals surface area (Å²) in [6, 6.07) is 22.3. The van der Waals surface area contributed by atoms with E-state index in [0.29, 0.717) is 21.3 Å². The van der Waals surface area contributed by atoms with Gasteiger partial charge in [-0.1, -0.05) is 65.4 Å². The van der Waals surface area contributed by atoms with Gasteiger partial charge >= 0.3 is 17.8 Å². The third-order valence-corrected chi connectivity index (χ3v) is 5.65. The van der Waals surface area contributed by atoms with Crippen LogP contribution in [0.2, 0.25) is 5.02 Å². The van der Waals surface area contributed by atoms with Crippen molar-refractivity contribution in [1.82, 2.24) is 15.6 Å². The van der Waals surface area contributed by atoms with Crippen LogP contribution in [0.4, 0.5) is 5.13 Å². The maximum Gasteiger partial charge on any atom is 0.345 e. The first-order chi connectivity index (χ1) is 17.0. The molecule has 1 heterocycles. The van der Waals surface area contributed by atoms with Crippen molar-refractivity contribution in [2.24, 2.45) is 5.10 Å². The van der Waals surface area contributed by atoms with Crippen molar-refractivity contribution in [3.63, 3.8) is 0 Å². The molecule has 0 radical (unpaired) electrons. The second kappa shape index (κ2) is 11.1. The lowest BCUT2D eigenvalue weighted by Crippen LogP contribution is -2.32. The zero-order chi connectivity index (χ0) is 24.6. The van der Waals surface area contributed by atoms with E-state index in [0.717, 1.165) is 16.9 Å². The molecule has 4 aromatic rings. The van der Waals surface area contributed by atoms with Crippen molar-refractivity contribution in [3.8, 4) is 16.3 Å². The average molecular weight is 506 g/mol. The Morgan fingerprint density at radius 2 is 1.60 bits per heavy atom. The highest BCUT2D eigenvalue weighted by Gasteiger charge is 2.16. The lowest BCUT2D eigenvalue weighted by molar-refractivity contribution is -0.136. The van der Waals surface area contributed by atoms with E-state index in [1.165, 1.54) is 6.21 Å². The summed E-state index contributed by atoms with van der Waals surface area (Å²) in [6.45, 7) is 0. The molecule has 0 atom stereocenters. The fourth-order valence-electron chi connectivity index (χ4n) is 2.75. The van der Waals surface area contributed by atoms with Crippen LogP contribution in [0.25, 0.3) is 10.6 Å². The molecular weight excluding hydrogens is 490 g/mol. The van der Waals surface area contributed by atoms with Crippen LogP contribution in [0.3, 0.4) is 0 Å². The number of ether oxygens (including phenoxy) is 1. The van der Waals surface area contributed by atoms with Gasteiger partial charge in [0.2, 0.25) is 5.13 Å². The molecule has 1 aromatic heterocycles. The summed E-state index contributed by atoms with van der Waals surface area (Å²) in [7, 11) is 0. The maximum absolute atomic E-state index is 12.2. The van der Waals surface area contributed by atoms with Gasteiger partial charge in [0, 0.05) is 5.56 Å². The lowest BCUT2D eigenvalue weighted by atomic mass is 10.2. The van der Waals surface area contributed by atoms with Crippen LogP contribution in [-0.2, 0) is 9.59 Å². The number of hydrogen-bond donors (Lipinski definition) is 2. The van der Waals surface area contributed by atoms with Crippen LogP contribution in [0.5, 0.6) is 5.75 Å². The fourth-order valence-corrected chi connectivity index (χ4v) is 3.71. The number of esters is 1. The molecule has 0 bridgehead atoms. The van der Waals surface area contributed by atoms with Gasteiger partial charge in [-0.05, 0) is 42.0 Å². The minimum Gasteiger partial charge on any atom is -0.423 e. The van der Waals surface area contributed by atoms with Crippen molar-refractivity contribution in [1.29, 1.82) is 0 Å². The number of anilines is 1. The van der Waals surface area contributed by atoms with Gasteiger partial charge in [-0.25, -0.2) is 10.2 Å². The first-order valence-electron chi connectivity index (χ1n) is 10.1. The van der Waals surface area contributed by atoms with E-state index in [4.69, 9.17) is 16.3 Å². The summed E-state index contributed by atoms with van der Waals surface area (Å²) in [5, 5.41) is 15.1. The van der Waals surface area contributed by atoms with Crippen molar-refractivity contribution in [3.05, 3.63) is 95.0 Å². The molecule has 9 nitrogen and oxygen atoms in total. The van der Waals surface area contributed by atoms with Gasteiger partial charge in [-0.15, -0.1) is 10.2 Å². The van der Waals surface area contributed by atoms with Gasteiger partial charge < -0.3 is 4.74 Å². The van der Waals surface area contributed by atoms with Crippen LogP contribution in [0.15, 0.2) is 84.0 Å². The monoisotopic (exact) mass is 505 g/mol. The third kappa shape index (κ3) is 6.34. The van der Waals surface area contributed by atoms with Crippen molar-refractivity contribution < 1.29 is 19.1 Å². The molecule has 3 aromatic carbocycles. The number of carbonyl (C=O) groups excluding carboxylic acids is 3. The molecule has 174 valence electrons. The Labute approximate surface area is 208 Å². The minimum absolute atomic E-state index is 0.190. The fraction of sp³-hybridized carbons (Fsp3) is 0. The third-order valence-electron chi connectivity index (χ3n) is 4.44. The number of rotatable bonds is 6. The zero-order valence-electron chi connectivity index (χ0n) is 17.8. The van der Waals surface area contributed by atoms with Gasteiger partial charge in [-0.2, -0.15) is 5.10 Å². The van der Waals surface area contributed by atoms with Crippen LogP contribution in [0.1, 0.15) is 15.9 Å². The van der Waals surface area contributed by atoms with Crippen LogP contribution in [0, 0.1) is 0 Å². The standard InChI is InChI=1S/C24H16ClN5O4S/c25-19-9-5-4-8-18(19)23(33)34-17-12-10-15(11-13-17)14-26-28-21(32)20(31)27-24-30-29-22(35-24)16-6-2-1-3-7-16/h1-14H,(H,28,32)(H,27,30,31)/b26-14+. The van der Waals surface area contributed by atoms with Gasteiger partial charge in [0.25, 0.3) is 0 Å². The minimum atomic E-state index is -0.969. The molecule has 0 spiro atoms. The number of carbonyl (C=O) groups is 3.